The summed E-state index contributed by atoms with van der Waals surface area (Å²) in [6.07, 6.45) is 4.16. The van der Waals surface area contributed by atoms with Crippen molar-refractivity contribution in [1.82, 2.24) is 4.42 Å². The Balaban J connectivity index is 2.29. The van der Waals surface area contributed by atoms with Crippen LogP contribution >= 0.6 is 11.8 Å². The van der Waals surface area contributed by atoms with Gasteiger partial charge in [0.1, 0.15) is 0 Å². The van der Waals surface area contributed by atoms with Gasteiger partial charge in [0, 0.05) is 12.6 Å². The second-order valence-corrected chi connectivity index (χ2v) is 3.79. The average Bonchev–Trinajstić information content (AvgIpc) is 1.93. The Hall–Kier alpha value is 0.210. The van der Waals surface area contributed by atoms with Gasteiger partial charge in [-0.2, -0.15) is 0 Å². The highest BCUT2D eigenvalue weighted by Gasteiger charge is 2.21. The van der Waals surface area contributed by atoms with Crippen LogP contribution < -0.4 is 0 Å². The van der Waals surface area contributed by atoms with E-state index in [-0.39, 0.29) is 6.10 Å². The molecule has 1 heterocycles. The van der Waals surface area contributed by atoms with Crippen molar-refractivity contribution in [3.05, 3.63) is 0 Å². The summed E-state index contributed by atoms with van der Waals surface area (Å²) >= 11 is 5.95. The lowest BCUT2D eigenvalue weighted by Gasteiger charge is -2.30. The largest absolute Gasteiger partial charge is 0.393 e. The smallest absolute Gasteiger partial charge is 0.0527 e. The van der Waals surface area contributed by atoms with Gasteiger partial charge in [-0.1, -0.05) is 6.42 Å². The van der Waals surface area contributed by atoms with E-state index in [0.29, 0.717) is 6.04 Å². The van der Waals surface area contributed by atoms with Crippen molar-refractivity contribution in [3.63, 3.8) is 0 Å². The molecule has 0 aromatic heterocycles. The Kier molecular flexibility index (Phi) is 3.63. The summed E-state index contributed by atoms with van der Waals surface area (Å²) in [5.74, 6) is 0. The zero-order chi connectivity index (χ0) is 8.27. The highest BCUT2D eigenvalue weighted by molar-refractivity contribution is 6.13. The molecule has 2 unspecified atom stereocenters. The summed E-state index contributed by atoms with van der Waals surface area (Å²) in [7, 11) is 0. The van der Waals surface area contributed by atoms with Crippen molar-refractivity contribution in [2.24, 2.45) is 0 Å². The molecule has 0 radical (unpaired) electrons. The third-order valence-electron chi connectivity index (χ3n) is 2.17. The number of aliphatic hydroxyl groups excluding tert-OH is 1. The van der Waals surface area contributed by atoms with Gasteiger partial charge in [0.25, 0.3) is 0 Å². The van der Waals surface area contributed by atoms with Crippen LogP contribution in [0.15, 0.2) is 0 Å². The van der Waals surface area contributed by atoms with Crippen molar-refractivity contribution in [3.8, 4) is 0 Å². The standard InChI is InChI=1S/C8H16ClNO/c1-7(11)6-8-4-2-3-5-10(8)9/h7-8,11H,2-6H2,1H3. The van der Waals surface area contributed by atoms with Gasteiger partial charge in [-0.25, -0.2) is 4.42 Å². The van der Waals surface area contributed by atoms with E-state index in [1.807, 2.05) is 11.3 Å². The van der Waals surface area contributed by atoms with Gasteiger partial charge in [-0.05, 0) is 38.0 Å². The molecular weight excluding hydrogens is 162 g/mol. The van der Waals surface area contributed by atoms with Crippen molar-refractivity contribution in [1.29, 1.82) is 0 Å². The third-order valence-corrected chi connectivity index (χ3v) is 2.61. The average molecular weight is 178 g/mol. The zero-order valence-electron chi connectivity index (χ0n) is 6.96. The van der Waals surface area contributed by atoms with Gasteiger partial charge in [-0.15, -0.1) is 0 Å². The Morgan fingerprint density at radius 2 is 2.36 bits per heavy atom. The predicted octanol–water partition coefficient (Wildman–Crippen LogP) is 1.77. The van der Waals surface area contributed by atoms with E-state index >= 15 is 0 Å². The summed E-state index contributed by atoms with van der Waals surface area (Å²) in [6, 6.07) is 0.394. The van der Waals surface area contributed by atoms with Crippen molar-refractivity contribution in [2.45, 2.75) is 44.8 Å². The molecule has 2 nitrogen and oxygen atoms in total. The van der Waals surface area contributed by atoms with Gasteiger partial charge in [0.2, 0.25) is 0 Å². The minimum Gasteiger partial charge on any atom is -0.393 e. The summed E-state index contributed by atoms with van der Waals surface area (Å²) in [4.78, 5) is 0. The summed E-state index contributed by atoms with van der Waals surface area (Å²) in [6.45, 7) is 2.79. The first-order valence-electron chi connectivity index (χ1n) is 4.30. The van der Waals surface area contributed by atoms with Crippen molar-refractivity contribution in [2.75, 3.05) is 6.54 Å². The molecule has 0 aromatic rings. The first kappa shape index (κ1) is 9.30. The van der Waals surface area contributed by atoms with E-state index in [0.717, 1.165) is 19.4 Å². The summed E-state index contributed by atoms with van der Waals surface area (Å²) in [5, 5.41) is 9.14. The van der Waals surface area contributed by atoms with Crippen LogP contribution in [0.5, 0.6) is 0 Å². The maximum Gasteiger partial charge on any atom is 0.0527 e. The van der Waals surface area contributed by atoms with E-state index in [4.69, 9.17) is 16.9 Å². The lowest BCUT2D eigenvalue weighted by Crippen LogP contribution is -2.34. The highest BCUT2D eigenvalue weighted by atomic mass is 35.5. The minimum absolute atomic E-state index is 0.223. The van der Waals surface area contributed by atoms with Gasteiger partial charge >= 0.3 is 0 Å². The number of rotatable bonds is 2. The third kappa shape index (κ3) is 2.97. The number of hydrogen-bond donors (Lipinski definition) is 1. The normalized spacial score (nSPS) is 30.3. The topological polar surface area (TPSA) is 23.5 Å². The summed E-state index contributed by atoms with van der Waals surface area (Å²) < 4.78 is 1.84. The minimum atomic E-state index is -0.223. The molecule has 11 heavy (non-hydrogen) atoms. The second kappa shape index (κ2) is 4.29. The molecule has 0 saturated carbocycles. The molecule has 2 atom stereocenters. The Morgan fingerprint density at radius 1 is 1.64 bits per heavy atom. The maximum absolute atomic E-state index is 9.14. The SMILES string of the molecule is CC(O)CC1CCCCN1Cl. The molecule has 1 rings (SSSR count). The maximum atomic E-state index is 9.14. The highest BCUT2D eigenvalue weighted by Crippen LogP contribution is 2.22. The van der Waals surface area contributed by atoms with E-state index < -0.39 is 0 Å². The van der Waals surface area contributed by atoms with Crippen molar-refractivity contribution >= 4 is 11.8 Å². The molecule has 1 fully saturated rings. The number of nitrogens with zero attached hydrogens (tertiary/aromatic N) is 1. The quantitative estimate of drug-likeness (QED) is 0.650. The fraction of sp³-hybridized carbons (Fsp3) is 1.00. The lowest BCUT2D eigenvalue weighted by atomic mass is 10.00. The predicted molar refractivity (Wildman–Crippen MR) is 46.5 cm³/mol. The Bertz CT molecular complexity index is 119. The molecule has 0 bridgehead atoms. The number of hydrogen-bond acceptors (Lipinski definition) is 2. The molecule has 1 N–H and O–H groups in total. The van der Waals surface area contributed by atoms with Crippen LogP contribution in [0.2, 0.25) is 0 Å². The monoisotopic (exact) mass is 177 g/mol. The van der Waals surface area contributed by atoms with Crippen LogP contribution in [-0.4, -0.2) is 28.2 Å². The fourth-order valence-electron chi connectivity index (χ4n) is 1.59. The van der Waals surface area contributed by atoms with E-state index in [2.05, 4.69) is 0 Å². The van der Waals surface area contributed by atoms with Crippen LogP contribution in [0.1, 0.15) is 32.6 Å². The van der Waals surface area contributed by atoms with Crippen molar-refractivity contribution < 1.29 is 5.11 Å². The lowest BCUT2D eigenvalue weighted by molar-refractivity contribution is 0.133. The molecule has 0 aliphatic carbocycles. The van der Waals surface area contributed by atoms with E-state index in [1.54, 1.807) is 0 Å². The molecule has 1 aliphatic heterocycles. The van der Waals surface area contributed by atoms with Gasteiger partial charge < -0.3 is 5.11 Å². The van der Waals surface area contributed by atoms with Gasteiger partial charge in [0.15, 0.2) is 0 Å². The molecule has 0 spiro atoms. The number of aliphatic hydroxyl groups is 1. The fourth-order valence-corrected chi connectivity index (χ4v) is 1.89. The Morgan fingerprint density at radius 3 is 2.91 bits per heavy atom. The van der Waals surface area contributed by atoms with Crippen LogP contribution in [0, 0.1) is 0 Å². The van der Waals surface area contributed by atoms with Gasteiger partial charge in [0.05, 0.1) is 6.10 Å². The second-order valence-electron chi connectivity index (χ2n) is 3.36. The zero-order valence-corrected chi connectivity index (χ0v) is 7.72. The molecule has 1 aliphatic rings. The molecule has 66 valence electrons. The van der Waals surface area contributed by atoms with Gasteiger partial charge in [-0.3, -0.25) is 0 Å². The first-order valence-corrected chi connectivity index (χ1v) is 4.64. The van der Waals surface area contributed by atoms with Crippen LogP contribution in [0.25, 0.3) is 0 Å². The number of halogens is 1. The molecular formula is C8H16ClNO. The molecule has 0 aromatic carbocycles. The molecule has 3 heteroatoms. The van der Waals surface area contributed by atoms with Crippen LogP contribution in [-0.2, 0) is 0 Å². The van der Waals surface area contributed by atoms with Crippen LogP contribution in [0.4, 0.5) is 0 Å². The summed E-state index contributed by atoms with van der Waals surface area (Å²) in [5.41, 5.74) is 0. The molecule has 0 amide bonds. The molecule has 1 saturated heterocycles. The Labute approximate surface area is 73.3 Å². The first-order chi connectivity index (χ1) is 5.20. The van der Waals surface area contributed by atoms with E-state index in [9.17, 15) is 0 Å². The van der Waals surface area contributed by atoms with E-state index in [1.165, 1.54) is 12.8 Å². The van der Waals surface area contributed by atoms with Crippen LogP contribution in [0.3, 0.4) is 0 Å². The number of piperidine rings is 1.